The van der Waals surface area contributed by atoms with E-state index in [-0.39, 0.29) is 12.6 Å². The molecule has 0 aromatic heterocycles. The molecule has 2 aromatic carbocycles. The van der Waals surface area contributed by atoms with Gasteiger partial charge in [-0.25, -0.2) is 4.79 Å². The number of esters is 2. The van der Waals surface area contributed by atoms with Crippen LogP contribution in [0.25, 0.3) is 0 Å². The number of nitrogens with one attached hydrogen (secondary N) is 1. The summed E-state index contributed by atoms with van der Waals surface area (Å²) in [6, 6.07) is 14.2. The molecular formula is C19H17NO5. The van der Waals surface area contributed by atoms with Gasteiger partial charge in [0.25, 0.3) is 5.91 Å². The first kappa shape index (κ1) is 16.7. The number of carbonyl (C=O) groups is 3. The highest BCUT2D eigenvalue weighted by atomic mass is 16.5. The molecule has 1 amide bonds. The Morgan fingerprint density at radius 3 is 2.68 bits per heavy atom. The molecule has 6 heteroatoms. The van der Waals surface area contributed by atoms with Crippen LogP contribution >= 0.6 is 0 Å². The van der Waals surface area contributed by atoms with Crippen LogP contribution in [0.1, 0.15) is 37.9 Å². The highest BCUT2D eigenvalue weighted by Crippen LogP contribution is 2.30. The molecule has 0 aliphatic carbocycles. The van der Waals surface area contributed by atoms with Crippen molar-refractivity contribution in [3.05, 3.63) is 70.8 Å². The van der Waals surface area contributed by atoms with Gasteiger partial charge >= 0.3 is 11.9 Å². The Hall–Kier alpha value is -3.15. The third-order valence-corrected chi connectivity index (χ3v) is 4.03. The zero-order valence-electron chi connectivity index (χ0n) is 13.7. The van der Waals surface area contributed by atoms with E-state index < -0.39 is 17.8 Å². The molecule has 3 rings (SSSR count). The minimum absolute atomic E-state index is 0.207. The maximum absolute atomic E-state index is 12.2. The number of cyclic esters (lactones) is 1. The number of methoxy groups -OCH3 is 1. The highest BCUT2D eigenvalue weighted by molar-refractivity contribution is 5.98. The van der Waals surface area contributed by atoms with Crippen molar-refractivity contribution >= 4 is 17.8 Å². The van der Waals surface area contributed by atoms with Gasteiger partial charge < -0.3 is 14.8 Å². The molecule has 1 aliphatic heterocycles. The van der Waals surface area contributed by atoms with Gasteiger partial charge in [-0.05, 0) is 29.3 Å². The molecular weight excluding hydrogens is 322 g/mol. The molecule has 25 heavy (non-hydrogen) atoms. The fourth-order valence-corrected chi connectivity index (χ4v) is 2.72. The van der Waals surface area contributed by atoms with Crippen molar-refractivity contribution in [1.29, 1.82) is 0 Å². The molecule has 0 unspecified atom stereocenters. The number of ether oxygens (including phenoxy) is 2. The van der Waals surface area contributed by atoms with Gasteiger partial charge in [-0.3, -0.25) is 9.59 Å². The normalized spacial score (nSPS) is 15.7. The summed E-state index contributed by atoms with van der Waals surface area (Å²) in [4.78, 5) is 35.5. The van der Waals surface area contributed by atoms with E-state index in [2.05, 4.69) is 10.1 Å². The smallest absolute Gasteiger partial charge is 0.339 e. The molecule has 1 N–H and O–H groups in total. The molecule has 1 aliphatic rings. The Bertz CT molecular complexity index is 816. The predicted octanol–water partition coefficient (Wildman–Crippen LogP) is 2.04. The fraction of sp³-hybridized carbons (Fsp3) is 0.211. The van der Waals surface area contributed by atoms with Gasteiger partial charge in [0.15, 0.2) is 0 Å². The summed E-state index contributed by atoms with van der Waals surface area (Å²) in [6.07, 6.45) is 0.109. The first-order valence-electron chi connectivity index (χ1n) is 7.82. The molecule has 2 aromatic rings. The van der Waals surface area contributed by atoms with Crippen LogP contribution in [0.3, 0.4) is 0 Å². The monoisotopic (exact) mass is 339 g/mol. The zero-order valence-corrected chi connectivity index (χ0v) is 13.7. The molecule has 6 nitrogen and oxygen atoms in total. The predicted molar refractivity (Wildman–Crippen MR) is 89.1 cm³/mol. The second kappa shape index (κ2) is 7.17. The number of hydrogen-bond donors (Lipinski definition) is 1. The third-order valence-electron chi connectivity index (χ3n) is 4.03. The van der Waals surface area contributed by atoms with E-state index in [0.29, 0.717) is 17.5 Å². The lowest BCUT2D eigenvalue weighted by molar-refractivity contribution is -0.139. The van der Waals surface area contributed by atoms with Crippen molar-refractivity contribution in [3.63, 3.8) is 0 Å². The lowest BCUT2D eigenvalue weighted by atomic mass is 9.93. The van der Waals surface area contributed by atoms with Crippen LogP contribution in [0.4, 0.5) is 0 Å². The number of benzene rings is 2. The molecule has 0 radical (unpaired) electrons. The topological polar surface area (TPSA) is 81.7 Å². The maximum Gasteiger partial charge on any atom is 0.339 e. The van der Waals surface area contributed by atoms with Crippen LogP contribution in [0.5, 0.6) is 0 Å². The molecule has 0 saturated carbocycles. The number of carbonyl (C=O) groups excluding carboxylic acids is 3. The minimum Gasteiger partial charge on any atom is -0.468 e. The summed E-state index contributed by atoms with van der Waals surface area (Å²) in [5.41, 5.74) is 2.48. The molecule has 0 fully saturated rings. The lowest BCUT2D eigenvalue weighted by Gasteiger charge is -2.25. The van der Waals surface area contributed by atoms with Crippen LogP contribution in [-0.2, 0) is 20.7 Å². The Morgan fingerprint density at radius 2 is 1.96 bits per heavy atom. The molecule has 0 spiro atoms. The summed E-state index contributed by atoms with van der Waals surface area (Å²) in [5, 5.41) is 2.48. The van der Waals surface area contributed by atoms with Gasteiger partial charge in [0.05, 0.1) is 12.7 Å². The number of amides is 1. The summed E-state index contributed by atoms with van der Waals surface area (Å²) >= 11 is 0. The standard InChI is InChI=1S/C19H17NO5/c1-24-17(21)11-20-18(22)13-7-8-15-14(9-13)10-16(25-19(15)23)12-5-3-2-4-6-12/h2-9,16H,10-11H2,1H3,(H,20,22)/t16-/m0/s1. The van der Waals surface area contributed by atoms with E-state index in [1.807, 2.05) is 30.3 Å². The number of hydrogen-bond acceptors (Lipinski definition) is 5. The molecule has 0 bridgehead atoms. The van der Waals surface area contributed by atoms with E-state index in [1.165, 1.54) is 13.2 Å². The van der Waals surface area contributed by atoms with Gasteiger partial charge in [-0.15, -0.1) is 0 Å². The van der Waals surface area contributed by atoms with Gasteiger partial charge in [-0.2, -0.15) is 0 Å². The molecule has 128 valence electrons. The average molecular weight is 339 g/mol. The SMILES string of the molecule is COC(=O)CNC(=O)c1ccc2c(c1)C[C@@H](c1ccccc1)OC2=O. The Kier molecular flexibility index (Phi) is 4.79. The summed E-state index contributed by atoms with van der Waals surface area (Å²) in [7, 11) is 1.25. The molecule has 1 heterocycles. The first-order valence-corrected chi connectivity index (χ1v) is 7.82. The van der Waals surface area contributed by atoms with Crippen molar-refractivity contribution in [2.24, 2.45) is 0 Å². The summed E-state index contributed by atoms with van der Waals surface area (Å²) in [6.45, 7) is -0.207. The maximum atomic E-state index is 12.2. The van der Waals surface area contributed by atoms with E-state index >= 15 is 0 Å². The van der Waals surface area contributed by atoms with E-state index in [4.69, 9.17) is 4.74 Å². The third kappa shape index (κ3) is 3.68. The van der Waals surface area contributed by atoms with Gasteiger partial charge in [-0.1, -0.05) is 30.3 Å². The Balaban J connectivity index is 1.80. The lowest BCUT2D eigenvalue weighted by Crippen LogP contribution is -2.30. The van der Waals surface area contributed by atoms with Crippen molar-refractivity contribution in [3.8, 4) is 0 Å². The summed E-state index contributed by atoms with van der Waals surface area (Å²) < 4.78 is 9.98. The van der Waals surface area contributed by atoms with Crippen LogP contribution in [0, 0.1) is 0 Å². The fourth-order valence-electron chi connectivity index (χ4n) is 2.72. The van der Waals surface area contributed by atoms with Crippen LogP contribution in [0.2, 0.25) is 0 Å². The molecule has 0 saturated heterocycles. The van der Waals surface area contributed by atoms with E-state index in [1.54, 1.807) is 12.1 Å². The second-order valence-corrected chi connectivity index (χ2v) is 5.64. The van der Waals surface area contributed by atoms with Gasteiger partial charge in [0.1, 0.15) is 12.6 Å². The Morgan fingerprint density at radius 1 is 1.20 bits per heavy atom. The van der Waals surface area contributed by atoms with Crippen molar-refractivity contribution in [1.82, 2.24) is 5.32 Å². The van der Waals surface area contributed by atoms with Crippen molar-refractivity contribution < 1.29 is 23.9 Å². The zero-order chi connectivity index (χ0) is 17.8. The first-order chi connectivity index (χ1) is 12.1. The number of fused-ring (bicyclic) bond motifs is 1. The molecule has 1 atom stereocenters. The van der Waals surface area contributed by atoms with Crippen LogP contribution in [0.15, 0.2) is 48.5 Å². The summed E-state index contributed by atoms with van der Waals surface area (Å²) in [5.74, 6) is -1.33. The van der Waals surface area contributed by atoms with Crippen molar-refractivity contribution in [2.75, 3.05) is 13.7 Å². The van der Waals surface area contributed by atoms with Crippen LogP contribution < -0.4 is 5.32 Å². The quantitative estimate of drug-likeness (QED) is 0.862. The van der Waals surface area contributed by atoms with Crippen molar-refractivity contribution in [2.45, 2.75) is 12.5 Å². The largest absolute Gasteiger partial charge is 0.468 e. The van der Waals surface area contributed by atoms with Gasteiger partial charge in [0.2, 0.25) is 0 Å². The highest BCUT2D eigenvalue weighted by Gasteiger charge is 2.28. The van der Waals surface area contributed by atoms with E-state index in [0.717, 1.165) is 11.1 Å². The van der Waals surface area contributed by atoms with Gasteiger partial charge in [0, 0.05) is 12.0 Å². The average Bonchev–Trinajstić information content (AvgIpc) is 2.65. The van der Waals surface area contributed by atoms with Crippen LogP contribution in [-0.4, -0.2) is 31.5 Å². The van der Waals surface area contributed by atoms with E-state index in [9.17, 15) is 14.4 Å². The number of rotatable bonds is 4. The Labute approximate surface area is 144 Å². The minimum atomic E-state index is -0.529. The second-order valence-electron chi connectivity index (χ2n) is 5.64.